The monoisotopic (exact) mass is 498 g/mol. The normalized spacial score (nSPS) is 13.3. The number of nitrogens with one attached hydrogen (secondary N) is 3. The van der Waals surface area contributed by atoms with E-state index in [1.54, 1.807) is 36.4 Å². The van der Waals surface area contributed by atoms with Crippen molar-refractivity contribution >= 4 is 23.7 Å². The number of amides is 3. The fourth-order valence-corrected chi connectivity index (χ4v) is 3.55. The van der Waals surface area contributed by atoms with Crippen LogP contribution < -0.4 is 21.7 Å². The molecule has 10 nitrogen and oxygen atoms in total. The number of hydrogen-bond donors (Lipinski definition) is 6. The second-order valence-electron chi connectivity index (χ2n) is 9.03. The summed E-state index contributed by atoms with van der Waals surface area (Å²) in [4.78, 5) is 49.3. The van der Waals surface area contributed by atoms with Gasteiger partial charge in [0.25, 0.3) is 0 Å². The molecule has 0 fully saturated rings. The number of hydrogen-bond acceptors (Lipinski definition) is 6. The van der Waals surface area contributed by atoms with E-state index in [9.17, 15) is 29.4 Å². The zero-order valence-electron chi connectivity index (χ0n) is 20.4. The van der Waals surface area contributed by atoms with Gasteiger partial charge in [0.05, 0.1) is 12.6 Å². The molecule has 2 aromatic rings. The van der Waals surface area contributed by atoms with Gasteiger partial charge in [0, 0.05) is 6.42 Å². The van der Waals surface area contributed by atoms with E-state index in [1.807, 2.05) is 19.9 Å². The maximum absolute atomic E-state index is 12.9. The van der Waals surface area contributed by atoms with Crippen molar-refractivity contribution in [3.63, 3.8) is 0 Å². The van der Waals surface area contributed by atoms with Gasteiger partial charge in [-0.2, -0.15) is 0 Å². The zero-order chi connectivity index (χ0) is 26.7. The molecule has 3 atom stereocenters. The molecule has 0 bridgehead atoms. The first-order chi connectivity index (χ1) is 17.0. The molecule has 194 valence electrons. The molecule has 36 heavy (non-hydrogen) atoms. The Morgan fingerprint density at radius 3 is 2.03 bits per heavy atom. The lowest BCUT2D eigenvalue weighted by Gasteiger charge is -2.21. The number of phenols is 1. The van der Waals surface area contributed by atoms with Gasteiger partial charge in [-0.1, -0.05) is 56.3 Å². The van der Waals surface area contributed by atoms with Crippen LogP contribution in [0, 0.1) is 5.92 Å². The lowest BCUT2D eigenvalue weighted by atomic mass is 10.0. The van der Waals surface area contributed by atoms with Gasteiger partial charge < -0.3 is 31.9 Å². The predicted molar refractivity (Wildman–Crippen MR) is 134 cm³/mol. The molecule has 0 spiro atoms. The number of carbonyl (C=O) groups excluding carboxylic acids is 3. The maximum Gasteiger partial charge on any atom is 0.326 e. The van der Waals surface area contributed by atoms with E-state index in [-0.39, 0.29) is 30.9 Å². The highest BCUT2D eigenvalue weighted by Crippen LogP contribution is 2.11. The third-order valence-corrected chi connectivity index (χ3v) is 5.41. The molecular weight excluding hydrogens is 464 g/mol. The second-order valence-corrected chi connectivity index (χ2v) is 9.03. The van der Waals surface area contributed by atoms with Crippen molar-refractivity contribution in [1.82, 2.24) is 16.0 Å². The van der Waals surface area contributed by atoms with Gasteiger partial charge in [-0.25, -0.2) is 4.79 Å². The first-order valence-electron chi connectivity index (χ1n) is 11.7. The molecule has 10 heteroatoms. The number of rotatable bonds is 13. The van der Waals surface area contributed by atoms with Gasteiger partial charge in [-0.3, -0.25) is 14.4 Å². The van der Waals surface area contributed by atoms with Crippen molar-refractivity contribution < 1.29 is 29.4 Å². The summed E-state index contributed by atoms with van der Waals surface area (Å²) in [5, 5.41) is 26.2. The zero-order valence-corrected chi connectivity index (χ0v) is 20.4. The average Bonchev–Trinajstić information content (AvgIpc) is 2.83. The van der Waals surface area contributed by atoms with Gasteiger partial charge in [0.2, 0.25) is 17.7 Å². The third-order valence-electron chi connectivity index (χ3n) is 5.41. The van der Waals surface area contributed by atoms with Crippen LogP contribution in [0.5, 0.6) is 5.75 Å². The average molecular weight is 499 g/mol. The molecule has 3 amide bonds. The SMILES string of the molecule is CC(C)CC(NC(=O)CNC(=O)C(Cc1ccccc1)NC(=O)C(N)Cc1ccc(O)cc1)C(=O)O. The molecule has 0 aliphatic carbocycles. The molecular formula is C26H34N4O6. The predicted octanol–water partition coefficient (Wildman–Crippen LogP) is 0.721. The van der Waals surface area contributed by atoms with Crippen LogP contribution in [-0.2, 0) is 32.0 Å². The summed E-state index contributed by atoms with van der Waals surface area (Å²) >= 11 is 0. The molecule has 0 heterocycles. The summed E-state index contributed by atoms with van der Waals surface area (Å²) in [5.41, 5.74) is 7.58. The van der Waals surface area contributed by atoms with Gasteiger partial charge in [0.1, 0.15) is 17.8 Å². The van der Waals surface area contributed by atoms with E-state index in [1.165, 1.54) is 12.1 Å². The fourth-order valence-electron chi connectivity index (χ4n) is 3.55. The standard InChI is InChI=1S/C26H34N4O6/c1-16(2)12-22(26(35)36)29-23(32)15-28-25(34)21(14-17-6-4-3-5-7-17)30-24(33)20(27)13-18-8-10-19(31)11-9-18/h3-11,16,20-22,31H,12-15,27H2,1-2H3,(H,28,34)(H,29,32)(H,30,33)(H,35,36). The molecule has 0 aliphatic heterocycles. The number of carbonyl (C=O) groups is 4. The van der Waals surface area contributed by atoms with E-state index in [0.717, 1.165) is 11.1 Å². The molecule has 0 radical (unpaired) electrons. The number of carboxylic acid groups (broad SMARTS) is 1. The highest BCUT2D eigenvalue weighted by atomic mass is 16.4. The Labute approximate surface area is 210 Å². The van der Waals surface area contributed by atoms with E-state index >= 15 is 0 Å². The summed E-state index contributed by atoms with van der Waals surface area (Å²) < 4.78 is 0. The van der Waals surface area contributed by atoms with Gasteiger partial charge >= 0.3 is 5.97 Å². The Morgan fingerprint density at radius 2 is 1.44 bits per heavy atom. The quantitative estimate of drug-likeness (QED) is 0.236. The van der Waals surface area contributed by atoms with Crippen LogP contribution in [0.3, 0.4) is 0 Å². The highest BCUT2D eigenvalue weighted by Gasteiger charge is 2.26. The summed E-state index contributed by atoms with van der Waals surface area (Å²) in [6.45, 7) is 3.24. The van der Waals surface area contributed by atoms with Crippen LogP contribution in [0.4, 0.5) is 0 Å². The second kappa shape index (κ2) is 13.8. The number of aliphatic carboxylic acids is 1. The number of benzene rings is 2. The van der Waals surface area contributed by atoms with E-state index < -0.39 is 48.4 Å². The fraction of sp³-hybridized carbons (Fsp3) is 0.385. The van der Waals surface area contributed by atoms with Crippen molar-refractivity contribution in [2.75, 3.05) is 6.54 Å². The van der Waals surface area contributed by atoms with Crippen molar-refractivity contribution in [1.29, 1.82) is 0 Å². The largest absolute Gasteiger partial charge is 0.508 e. The Bertz CT molecular complexity index is 1030. The van der Waals surface area contributed by atoms with Gasteiger partial charge in [-0.05, 0) is 42.0 Å². The highest BCUT2D eigenvalue weighted by molar-refractivity contribution is 5.92. The minimum atomic E-state index is -1.15. The Balaban J connectivity index is 2.02. The number of aromatic hydroxyl groups is 1. The van der Waals surface area contributed by atoms with Crippen molar-refractivity contribution in [3.8, 4) is 5.75 Å². The molecule has 7 N–H and O–H groups in total. The molecule has 0 saturated carbocycles. The first-order valence-corrected chi connectivity index (χ1v) is 11.7. The molecule has 3 unspecified atom stereocenters. The summed E-state index contributed by atoms with van der Waals surface area (Å²) in [7, 11) is 0. The third kappa shape index (κ3) is 9.75. The molecule has 0 aromatic heterocycles. The lowest BCUT2D eigenvalue weighted by Crippen LogP contribution is -2.54. The van der Waals surface area contributed by atoms with Gasteiger partial charge in [0.15, 0.2) is 0 Å². The Kier molecular flexibility index (Phi) is 10.9. The Hall–Kier alpha value is -3.92. The topological polar surface area (TPSA) is 171 Å². The van der Waals surface area contributed by atoms with E-state index in [0.29, 0.717) is 0 Å². The molecule has 2 aromatic carbocycles. The van der Waals surface area contributed by atoms with Gasteiger partial charge in [-0.15, -0.1) is 0 Å². The van der Waals surface area contributed by atoms with Crippen molar-refractivity contribution in [2.24, 2.45) is 11.7 Å². The lowest BCUT2D eigenvalue weighted by molar-refractivity contribution is -0.142. The van der Waals surface area contributed by atoms with Crippen LogP contribution in [0.15, 0.2) is 54.6 Å². The van der Waals surface area contributed by atoms with Crippen LogP contribution >= 0.6 is 0 Å². The van der Waals surface area contributed by atoms with Crippen LogP contribution in [0.2, 0.25) is 0 Å². The van der Waals surface area contributed by atoms with E-state index in [2.05, 4.69) is 16.0 Å². The minimum absolute atomic E-state index is 0.0530. The van der Waals surface area contributed by atoms with Crippen molar-refractivity contribution in [3.05, 3.63) is 65.7 Å². The van der Waals surface area contributed by atoms with Crippen molar-refractivity contribution in [2.45, 2.75) is 51.2 Å². The first kappa shape index (κ1) is 28.3. The molecule has 2 rings (SSSR count). The Morgan fingerprint density at radius 1 is 0.833 bits per heavy atom. The number of carboxylic acids is 1. The number of nitrogens with two attached hydrogens (primary N) is 1. The maximum atomic E-state index is 12.9. The smallest absolute Gasteiger partial charge is 0.326 e. The van der Waals surface area contributed by atoms with Crippen LogP contribution in [-0.4, -0.2) is 58.6 Å². The summed E-state index contributed by atoms with van der Waals surface area (Å²) in [6, 6.07) is 12.3. The number of phenolic OH excluding ortho intramolecular Hbond substituents is 1. The molecule has 0 saturated heterocycles. The summed E-state index contributed by atoms with van der Waals surface area (Å²) in [6.07, 6.45) is 0.609. The van der Waals surface area contributed by atoms with E-state index in [4.69, 9.17) is 5.73 Å². The molecule has 0 aliphatic rings. The van der Waals surface area contributed by atoms with Crippen LogP contribution in [0.25, 0.3) is 0 Å². The van der Waals surface area contributed by atoms with Crippen LogP contribution in [0.1, 0.15) is 31.4 Å². The summed E-state index contributed by atoms with van der Waals surface area (Å²) in [5.74, 6) is -2.80. The minimum Gasteiger partial charge on any atom is -0.508 e.